The van der Waals surface area contributed by atoms with Crippen LogP contribution >= 0.6 is 0 Å². The van der Waals surface area contributed by atoms with Crippen LogP contribution in [-0.2, 0) is 11.3 Å². The Hall–Kier alpha value is -1.51. The van der Waals surface area contributed by atoms with Crippen molar-refractivity contribution >= 4 is 11.6 Å². The molecule has 100 valence electrons. The highest BCUT2D eigenvalue weighted by Crippen LogP contribution is 2.15. The largest absolute Gasteiger partial charge is 0.398 e. The first-order valence-corrected chi connectivity index (χ1v) is 6.80. The molecule has 1 amide bonds. The van der Waals surface area contributed by atoms with Crippen LogP contribution in [0.15, 0.2) is 24.3 Å². The lowest BCUT2D eigenvalue weighted by molar-refractivity contribution is -0.132. The van der Waals surface area contributed by atoms with Crippen molar-refractivity contribution in [2.45, 2.75) is 46.1 Å². The van der Waals surface area contributed by atoms with Crippen LogP contribution in [0, 0.1) is 0 Å². The fourth-order valence-electron chi connectivity index (χ4n) is 1.93. The number of amides is 1. The molecule has 0 unspecified atom stereocenters. The molecule has 0 atom stereocenters. The summed E-state index contributed by atoms with van der Waals surface area (Å²) in [4.78, 5) is 14.0. The van der Waals surface area contributed by atoms with Crippen LogP contribution in [0.4, 0.5) is 5.69 Å². The molecule has 0 aliphatic rings. The molecule has 0 aliphatic heterocycles. The van der Waals surface area contributed by atoms with E-state index < -0.39 is 0 Å². The number of para-hydroxylation sites is 1. The van der Waals surface area contributed by atoms with E-state index in [1.165, 1.54) is 0 Å². The first-order valence-electron chi connectivity index (χ1n) is 6.80. The van der Waals surface area contributed by atoms with Crippen LogP contribution < -0.4 is 5.73 Å². The zero-order chi connectivity index (χ0) is 13.4. The first-order chi connectivity index (χ1) is 8.69. The van der Waals surface area contributed by atoms with Gasteiger partial charge < -0.3 is 10.6 Å². The lowest BCUT2D eigenvalue weighted by Gasteiger charge is -2.23. The zero-order valence-electron chi connectivity index (χ0n) is 11.5. The van der Waals surface area contributed by atoms with Gasteiger partial charge in [-0.25, -0.2) is 0 Å². The quantitative estimate of drug-likeness (QED) is 0.753. The highest BCUT2D eigenvalue weighted by atomic mass is 16.2. The maximum absolute atomic E-state index is 12.1. The number of unbranched alkanes of at least 4 members (excludes halogenated alkanes) is 1. The Labute approximate surface area is 110 Å². The molecule has 18 heavy (non-hydrogen) atoms. The van der Waals surface area contributed by atoms with Crippen molar-refractivity contribution in [3.05, 3.63) is 29.8 Å². The van der Waals surface area contributed by atoms with Gasteiger partial charge in [0.05, 0.1) is 0 Å². The van der Waals surface area contributed by atoms with E-state index in [0.717, 1.165) is 37.1 Å². The van der Waals surface area contributed by atoms with Crippen LogP contribution in [0.3, 0.4) is 0 Å². The summed E-state index contributed by atoms with van der Waals surface area (Å²) in [5.41, 5.74) is 7.73. The van der Waals surface area contributed by atoms with E-state index in [4.69, 9.17) is 5.73 Å². The predicted molar refractivity (Wildman–Crippen MR) is 76.1 cm³/mol. The highest BCUT2D eigenvalue weighted by molar-refractivity contribution is 5.76. The third kappa shape index (κ3) is 4.40. The van der Waals surface area contributed by atoms with Crippen LogP contribution in [-0.4, -0.2) is 17.4 Å². The lowest BCUT2D eigenvalue weighted by Crippen LogP contribution is -2.31. The Morgan fingerprint density at radius 2 is 1.94 bits per heavy atom. The summed E-state index contributed by atoms with van der Waals surface area (Å²) < 4.78 is 0. The Bertz CT molecular complexity index is 377. The minimum absolute atomic E-state index is 0.238. The van der Waals surface area contributed by atoms with E-state index in [-0.39, 0.29) is 5.91 Å². The molecule has 0 saturated heterocycles. The number of rotatable bonds is 7. The van der Waals surface area contributed by atoms with E-state index >= 15 is 0 Å². The lowest BCUT2D eigenvalue weighted by atomic mass is 10.1. The van der Waals surface area contributed by atoms with Gasteiger partial charge in [0, 0.05) is 25.2 Å². The van der Waals surface area contributed by atoms with Crippen LogP contribution in [0.2, 0.25) is 0 Å². The molecular weight excluding hydrogens is 224 g/mol. The van der Waals surface area contributed by atoms with Crippen LogP contribution in [0.25, 0.3) is 0 Å². The van der Waals surface area contributed by atoms with Crippen molar-refractivity contribution in [3.8, 4) is 0 Å². The second-order valence-corrected chi connectivity index (χ2v) is 4.62. The van der Waals surface area contributed by atoms with Crippen molar-refractivity contribution in [3.63, 3.8) is 0 Å². The number of nitrogen functional groups attached to an aromatic ring is 1. The van der Waals surface area contributed by atoms with Gasteiger partial charge in [-0.2, -0.15) is 0 Å². The molecule has 3 nitrogen and oxygen atoms in total. The summed E-state index contributed by atoms with van der Waals surface area (Å²) in [7, 11) is 0. The van der Waals surface area contributed by atoms with Crippen molar-refractivity contribution < 1.29 is 4.79 Å². The van der Waals surface area contributed by atoms with Gasteiger partial charge in [-0.3, -0.25) is 4.79 Å². The predicted octanol–water partition coefficient (Wildman–Crippen LogP) is 3.20. The minimum Gasteiger partial charge on any atom is -0.398 e. The zero-order valence-corrected chi connectivity index (χ0v) is 11.5. The van der Waals surface area contributed by atoms with Gasteiger partial charge in [0.2, 0.25) is 5.91 Å². The summed E-state index contributed by atoms with van der Waals surface area (Å²) in [5.74, 6) is 0.238. The molecule has 0 aliphatic carbocycles. The minimum atomic E-state index is 0.238. The number of carbonyl (C=O) groups excluding carboxylic acids is 1. The molecule has 1 aromatic carbocycles. The first kappa shape index (κ1) is 14.6. The van der Waals surface area contributed by atoms with Gasteiger partial charge in [0.1, 0.15) is 0 Å². The topological polar surface area (TPSA) is 46.3 Å². The van der Waals surface area contributed by atoms with Gasteiger partial charge in [-0.1, -0.05) is 38.5 Å². The Morgan fingerprint density at radius 1 is 1.22 bits per heavy atom. The summed E-state index contributed by atoms with van der Waals surface area (Å²) in [6.45, 7) is 5.63. The number of nitrogens with zero attached hydrogens (tertiary/aromatic N) is 1. The fourth-order valence-corrected chi connectivity index (χ4v) is 1.93. The molecule has 3 heteroatoms. The number of carbonyl (C=O) groups is 1. The average Bonchev–Trinajstić information content (AvgIpc) is 2.38. The number of benzene rings is 1. The maximum Gasteiger partial charge on any atom is 0.222 e. The molecule has 0 fully saturated rings. The molecule has 0 radical (unpaired) electrons. The SMILES string of the molecule is CCCCC(=O)N(CCC)Cc1ccccc1N. The summed E-state index contributed by atoms with van der Waals surface area (Å²) in [5, 5.41) is 0. The van der Waals surface area contributed by atoms with E-state index in [1.807, 2.05) is 29.2 Å². The van der Waals surface area contributed by atoms with Crippen LogP contribution in [0.1, 0.15) is 45.1 Å². The van der Waals surface area contributed by atoms with Gasteiger partial charge in [0.15, 0.2) is 0 Å². The average molecular weight is 248 g/mol. The second kappa shape index (κ2) is 7.75. The molecule has 2 N–H and O–H groups in total. The summed E-state index contributed by atoms with van der Waals surface area (Å²) in [6, 6.07) is 7.76. The van der Waals surface area contributed by atoms with Gasteiger partial charge >= 0.3 is 0 Å². The highest BCUT2D eigenvalue weighted by Gasteiger charge is 2.13. The standard InChI is InChI=1S/C15H24N2O/c1-3-5-10-15(18)17(11-4-2)12-13-8-6-7-9-14(13)16/h6-9H,3-5,10-12,16H2,1-2H3. The Kier molecular flexibility index (Phi) is 6.26. The fraction of sp³-hybridized carbons (Fsp3) is 0.533. The van der Waals surface area contributed by atoms with Gasteiger partial charge in [0.25, 0.3) is 0 Å². The van der Waals surface area contributed by atoms with E-state index in [0.29, 0.717) is 13.0 Å². The molecule has 1 rings (SSSR count). The van der Waals surface area contributed by atoms with Crippen molar-refractivity contribution in [1.29, 1.82) is 0 Å². The molecule has 0 aromatic heterocycles. The van der Waals surface area contributed by atoms with Crippen molar-refractivity contribution in [2.75, 3.05) is 12.3 Å². The third-order valence-electron chi connectivity index (χ3n) is 3.01. The summed E-state index contributed by atoms with van der Waals surface area (Å²) in [6.07, 6.45) is 3.64. The molecule has 1 aromatic rings. The Balaban J connectivity index is 2.68. The number of anilines is 1. The van der Waals surface area contributed by atoms with E-state index in [9.17, 15) is 4.79 Å². The second-order valence-electron chi connectivity index (χ2n) is 4.62. The molecule has 0 heterocycles. The van der Waals surface area contributed by atoms with Gasteiger partial charge in [-0.05, 0) is 24.5 Å². The van der Waals surface area contributed by atoms with E-state index in [2.05, 4.69) is 13.8 Å². The van der Waals surface area contributed by atoms with Crippen LogP contribution in [0.5, 0.6) is 0 Å². The number of nitrogens with two attached hydrogens (primary N) is 1. The molecular formula is C15H24N2O. The van der Waals surface area contributed by atoms with Crippen molar-refractivity contribution in [1.82, 2.24) is 4.90 Å². The van der Waals surface area contributed by atoms with Crippen molar-refractivity contribution in [2.24, 2.45) is 0 Å². The number of hydrogen-bond acceptors (Lipinski definition) is 2. The normalized spacial score (nSPS) is 10.3. The Morgan fingerprint density at radius 3 is 2.56 bits per heavy atom. The summed E-state index contributed by atoms with van der Waals surface area (Å²) >= 11 is 0. The molecule has 0 bridgehead atoms. The van der Waals surface area contributed by atoms with Gasteiger partial charge in [-0.15, -0.1) is 0 Å². The number of hydrogen-bond donors (Lipinski definition) is 1. The molecule has 0 spiro atoms. The van der Waals surface area contributed by atoms with E-state index in [1.54, 1.807) is 0 Å². The third-order valence-corrected chi connectivity index (χ3v) is 3.01. The smallest absolute Gasteiger partial charge is 0.222 e. The maximum atomic E-state index is 12.1. The molecule has 0 saturated carbocycles. The monoisotopic (exact) mass is 248 g/mol.